The van der Waals surface area contributed by atoms with Crippen LogP contribution in [0.5, 0.6) is 0 Å². The molecule has 0 saturated carbocycles. The van der Waals surface area contributed by atoms with E-state index >= 15 is 0 Å². The molecule has 2 rings (SSSR count). The molecule has 1 N–H and O–H groups in total. The Morgan fingerprint density at radius 3 is 2.88 bits per heavy atom. The largest absolute Gasteiger partial charge is 0.381 e. The Morgan fingerprint density at radius 1 is 1.41 bits per heavy atom. The molecule has 1 aromatic rings. The predicted molar refractivity (Wildman–Crippen MR) is 68.8 cm³/mol. The van der Waals surface area contributed by atoms with Crippen molar-refractivity contribution >= 4 is 0 Å². The number of aromatic nitrogens is 1. The smallest absolute Gasteiger partial charge is 0.0469 e. The molecule has 1 fully saturated rings. The van der Waals surface area contributed by atoms with Crippen LogP contribution in [0, 0.1) is 12.8 Å². The van der Waals surface area contributed by atoms with E-state index in [0.29, 0.717) is 6.04 Å². The van der Waals surface area contributed by atoms with Gasteiger partial charge in [0.15, 0.2) is 0 Å². The van der Waals surface area contributed by atoms with Crippen molar-refractivity contribution in [1.29, 1.82) is 0 Å². The first-order chi connectivity index (χ1) is 8.25. The molecule has 1 aliphatic heterocycles. The zero-order valence-electron chi connectivity index (χ0n) is 10.8. The topological polar surface area (TPSA) is 34.2 Å². The van der Waals surface area contributed by atoms with Crippen LogP contribution in [0.15, 0.2) is 18.5 Å². The molecule has 17 heavy (non-hydrogen) atoms. The van der Waals surface area contributed by atoms with Crippen LogP contribution in [-0.2, 0) is 11.3 Å². The third-order valence-corrected chi connectivity index (χ3v) is 3.53. The van der Waals surface area contributed by atoms with E-state index in [0.717, 1.165) is 25.7 Å². The van der Waals surface area contributed by atoms with E-state index in [-0.39, 0.29) is 0 Å². The molecule has 1 atom stereocenters. The lowest BCUT2D eigenvalue weighted by molar-refractivity contribution is 0.0558. The number of aryl methyl sites for hydroxylation is 1. The SMILES string of the molecule is Cc1cncc(CNC(C)C2CCOCC2)c1. The van der Waals surface area contributed by atoms with E-state index in [1.165, 1.54) is 24.0 Å². The average Bonchev–Trinajstić information content (AvgIpc) is 2.37. The first-order valence-corrected chi connectivity index (χ1v) is 6.47. The zero-order valence-corrected chi connectivity index (χ0v) is 10.8. The van der Waals surface area contributed by atoms with Crippen LogP contribution in [0.4, 0.5) is 0 Å². The molecular formula is C14H22N2O. The molecule has 2 heterocycles. The minimum absolute atomic E-state index is 0.555. The molecule has 0 spiro atoms. The fraction of sp³-hybridized carbons (Fsp3) is 0.643. The highest BCUT2D eigenvalue weighted by Crippen LogP contribution is 2.18. The highest BCUT2D eigenvalue weighted by molar-refractivity contribution is 5.16. The van der Waals surface area contributed by atoms with Crippen molar-refractivity contribution in [2.45, 2.75) is 39.3 Å². The van der Waals surface area contributed by atoms with Gasteiger partial charge in [-0.3, -0.25) is 4.98 Å². The van der Waals surface area contributed by atoms with E-state index in [4.69, 9.17) is 4.74 Å². The van der Waals surface area contributed by atoms with Crippen molar-refractivity contribution in [3.05, 3.63) is 29.6 Å². The Hall–Kier alpha value is -0.930. The van der Waals surface area contributed by atoms with E-state index < -0.39 is 0 Å². The van der Waals surface area contributed by atoms with Gasteiger partial charge >= 0.3 is 0 Å². The molecule has 1 aliphatic rings. The summed E-state index contributed by atoms with van der Waals surface area (Å²) in [6.07, 6.45) is 6.20. The zero-order chi connectivity index (χ0) is 12.1. The van der Waals surface area contributed by atoms with Gasteiger partial charge in [-0.2, -0.15) is 0 Å². The lowest BCUT2D eigenvalue weighted by Crippen LogP contribution is -2.36. The van der Waals surface area contributed by atoms with Gasteiger partial charge in [0.1, 0.15) is 0 Å². The highest BCUT2D eigenvalue weighted by atomic mass is 16.5. The van der Waals surface area contributed by atoms with Crippen LogP contribution in [0.2, 0.25) is 0 Å². The second kappa shape index (κ2) is 6.12. The summed E-state index contributed by atoms with van der Waals surface area (Å²) < 4.78 is 5.39. The summed E-state index contributed by atoms with van der Waals surface area (Å²) >= 11 is 0. The van der Waals surface area contributed by atoms with Gasteiger partial charge in [0.05, 0.1) is 0 Å². The number of pyridine rings is 1. The van der Waals surface area contributed by atoms with Gasteiger partial charge in [0.2, 0.25) is 0 Å². The van der Waals surface area contributed by atoms with Crippen molar-refractivity contribution in [1.82, 2.24) is 10.3 Å². The molecule has 1 unspecified atom stereocenters. The number of nitrogens with one attached hydrogen (secondary N) is 1. The summed E-state index contributed by atoms with van der Waals surface area (Å²) in [5, 5.41) is 3.60. The minimum Gasteiger partial charge on any atom is -0.381 e. The fourth-order valence-electron chi connectivity index (χ4n) is 2.38. The number of hydrogen-bond acceptors (Lipinski definition) is 3. The van der Waals surface area contributed by atoms with E-state index in [1.54, 1.807) is 0 Å². The summed E-state index contributed by atoms with van der Waals surface area (Å²) in [4.78, 5) is 4.21. The fourth-order valence-corrected chi connectivity index (χ4v) is 2.38. The number of ether oxygens (including phenoxy) is 1. The summed E-state index contributed by atoms with van der Waals surface area (Å²) in [5.74, 6) is 0.751. The van der Waals surface area contributed by atoms with Crippen LogP contribution in [0.25, 0.3) is 0 Å². The highest BCUT2D eigenvalue weighted by Gasteiger charge is 2.19. The Bertz CT molecular complexity index is 348. The molecule has 1 saturated heterocycles. The molecule has 94 valence electrons. The Balaban J connectivity index is 1.80. The monoisotopic (exact) mass is 234 g/mol. The van der Waals surface area contributed by atoms with Crippen LogP contribution < -0.4 is 5.32 Å². The molecule has 0 aromatic carbocycles. The van der Waals surface area contributed by atoms with Crippen molar-refractivity contribution in [3.8, 4) is 0 Å². The third kappa shape index (κ3) is 3.79. The first kappa shape index (κ1) is 12.5. The van der Waals surface area contributed by atoms with Crippen molar-refractivity contribution in [2.75, 3.05) is 13.2 Å². The molecule has 3 nitrogen and oxygen atoms in total. The van der Waals surface area contributed by atoms with E-state index in [9.17, 15) is 0 Å². The number of rotatable bonds is 4. The maximum atomic E-state index is 5.39. The molecule has 0 aliphatic carbocycles. The van der Waals surface area contributed by atoms with Crippen LogP contribution in [-0.4, -0.2) is 24.2 Å². The lowest BCUT2D eigenvalue weighted by atomic mass is 9.93. The molecule has 0 amide bonds. The standard InChI is InChI=1S/C14H22N2O/c1-11-7-13(9-15-8-11)10-16-12(2)14-3-5-17-6-4-14/h7-9,12,14,16H,3-6,10H2,1-2H3. The Kier molecular flexibility index (Phi) is 4.51. The normalized spacial score (nSPS) is 19.2. The molecular weight excluding hydrogens is 212 g/mol. The van der Waals surface area contributed by atoms with Crippen molar-refractivity contribution in [3.63, 3.8) is 0 Å². The second-order valence-corrected chi connectivity index (χ2v) is 4.99. The lowest BCUT2D eigenvalue weighted by Gasteiger charge is -2.28. The van der Waals surface area contributed by atoms with Gasteiger partial charge in [0.25, 0.3) is 0 Å². The third-order valence-electron chi connectivity index (χ3n) is 3.53. The van der Waals surface area contributed by atoms with Crippen LogP contribution in [0.3, 0.4) is 0 Å². The summed E-state index contributed by atoms with van der Waals surface area (Å²) in [7, 11) is 0. The van der Waals surface area contributed by atoms with Crippen molar-refractivity contribution < 1.29 is 4.74 Å². The van der Waals surface area contributed by atoms with Gasteiger partial charge in [-0.05, 0) is 43.7 Å². The van der Waals surface area contributed by atoms with Crippen molar-refractivity contribution in [2.24, 2.45) is 5.92 Å². The average molecular weight is 234 g/mol. The van der Waals surface area contributed by atoms with Gasteiger partial charge in [-0.25, -0.2) is 0 Å². The summed E-state index contributed by atoms with van der Waals surface area (Å²) in [6, 6.07) is 2.75. The molecule has 3 heteroatoms. The van der Waals surface area contributed by atoms with Gasteiger partial charge < -0.3 is 10.1 Å². The number of nitrogens with zero attached hydrogens (tertiary/aromatic N) is 1. The molecule has 1 aromatic heterocycles. The maximum Gasteiger partial charge on any atom is 0.0469 e. The Labute approximate surface area is 104 Å². The van der Waals surface area contributed by atoms with Gasteiger partial charge in [-0.15, -0.1) is 0 Å². The second-order valence-electron chi connectivity index (χ2n) is 4.99. The summed E-state index contributed by atoms with van der Waals surface area (Å²) in [5.41, 5.74) is 2.49. The molecule has 0 radical (unpaired) electrons. The maximum absolute atomic E-state index is 5.39. The quantitative estimate of drug-likeness (QED) is 0.868. The van der Waals surface area contributed by atoms with Gasteiger partial charge in [0, 0.05) is 38.2 Å². The molecule has 0 bridgehead atoms. The van der Waals surface area contributed by atoms with E-state index in [1.807, 2.05) is 12.4 Å². The summed E-state index contributed by atoms with van der Waals surface area (Å²) in [6.45, 7) is 7.11. The number of hydrogen-bond donors (Lipinski definition) is 1. The van der Waals surface area contributed by atoms with Crippen LogP contribution >= 0.6 is 0 Å². The van der Waals surface area contributed by atoms with Crippen LogP contribution in [0.1, 0.15) is 30.9 Å². The Morgan fingerprint density at radius 2 is 2.18 bits per heavy atom. The van der Waals surface area contributed by atoms with E-state index in [2.05, 4.69) is 30.2 Å². The minimum atomic E-state index is 0.555. The first-order valence-electron chi connectivity index (χ1n) is 6.47. The predicted octanol–water partition coefficient (Wildman–Crippen LogP) is 2.29. The van der Waals surface area contributed by atoms with Gasteiger partial charge in [-0.1, -0.05) is 6.07 Å².